The zero-order chi connectivity index (χ0) is 23.6. The van der Waals surface area contributed by atoms with Crippen molar-refractivity contribution >= 4 is 34.3 Å². The normalized spacial score (nSPS) is 18.7. The van der Waals surface area contributed by atoms with Crippen molar-refractivity contribution in [3.05, 3.63) is 52.4 Å². The maximum absolute atomic E-state index is 13.1. The summed E-state index contributed by atoms with van der Waals surface area (Å²) in [6.45, 7) is 1.49. The van der Waals surface area contributed by atoms with Crippen molar-refractivity contribution in [1.82, 2.24) is 20.3 Å². The van der Waals surface area contributed by atoms with Gasteiger partial charge in [0.1, 0.15) is 11.2 Å². The maximum atomic E-state index is 13.1. The van der Waals surface area contributed by atoms with E-state index in [-0.39, 0.29) is 40.8 Å². The Hall–Kier alpha value is -3.63. The van der Waals surface area contributed by atoms with Gasteiger partial charge in [0.05, 0.1) is 11.1 Å². The standard InChI is InChI=1S/C22H23F3N6O2/c1-12(32)27-14-5-7-15(8-6-14)29-21-30-17-9-10-26-20(33)18(17)19(31-21)28-16-4-2-3-13(11-16)22(23,24)25/h2-4,9-11,14-15H,5-8H2,1H3,(H,26,33)(H,27,32)(H2,28,29,30,31). The number of aromatic amines is 1. The average molecular weight is 460 g/mol. The van der Waals surface area contributed by atoms with Gasteiger partial charge in [0, 0.05) is 30.9 Å². The SMILES string of the molecule is CC(=O)NC1CCC(Nc2nc(Nc3cccc(C(F)(F)F)c3)c3c(=O)[nH]ccc3n2)CC1. The molecule has 2 aromatic heterocycles. The molecule has 0 saturated heterocycles. The molecule has 2 heterocycles. The number of hydrogen-bond acceptors (Lipinski definition) is 6. The van der Waals surface area contributed by atoms with Crippen LogP contribution in [0.5, 0.6) is 0 Å². The number of nitrogens with one attached hydrogen (secondary N) is 4. The van der Waals surface area contributed by atoms with Crippen LogP contribution >= 0.6 is 0 Å². The molecule has 8 nitrogen and oxygen atoms in total. The third kappa shape index (κ3) is 5.41. The number of rotatable bonds is 5. The number of aromatic nitrogens is 3. The third-order valence-electron chi connectivity index (χ3n) is 5.54. The summed E-state index contributed by atoms with van der Waals surface area (Å²) in [7, 11) is 0. The Labute approximate surface area is 187 Å². The maximum Gasteiger partial charge on any atom is 0.416 e. The number of nitrogens with zero attached hydrogens (tertiary/aromatic N) is 2. The molecule has 4 N–H and O–H groups in total. The number of pyridine rings is 1. The Morgan fingerprint density at radius 1 is 1.09 bits per heavy atom. The molecule has 1 aliphatic rings. The first-order valence-corrected chi connectivity index (χ1v) is 10.6. The minimum atomic E-state index is -4.49. The van der Waals surface area contributed by atoms with Gasteiger partial charge in [0.2, 0.25) is 11.9 Å². The van der Waals surface area contributed by atoms with Gasteiger partial charge in [-0.3, -0.25) is 9.59 Å². The summed E-state index contributed by atoms with van der Waals surface area (Å²) >= 11 is 0. The molecule has 0 bridgehead atoms. The zero-order valence-electron chi connectivity index (χ0n) is 17.8. The number of carbonyl (C=O) groups is 1. The molecule has 1 aliphatic carbocycles. The highest BCUT2D eigenvalue weighted by Gasteiger charge is 2.30. The van der Waals surface area contributed by atoms with E-state index in [0.29, 0.717) is 5.52 Å². The number of carbonyl (C=O) groups excluding carboxylic acids is 1. The summed E-state index contributed by atoms with van der Waals surface area (Å²) in [4.78, 5) is 35.1. The van der Waals surface area contributed by atoms with Crippen LogP contribution in [0.25, 0.3) is 10.9 Å². The smallest absolute Gasteiger partial charge is 0.354 e. The van der Waals surface area contributed by atoms with Crippen molar-refractivity contribution in [3.63, 3.8) is 0 Å². The highest BCUT2D eigenvalue weighted by Crippen LogP contribution is 2.32. The molecule has 0 spiro atoms. The number of hydrogen-bond donors (Lipinski definition) is 4. The summed E-state index contributed by atoms with van der Waals surface area (Å²) in [5, 5.41) is 9.18. The van der Waals surface area contributed by atoms with Crippen molar-refractivity contribution in [2.45, 2.75) is 50.9 Å². The van der Waals surface area contributed by atoms with Crippen LogP contribution in [0.3, 0.4) is 0 Å². The fourth-order valence-electron chi connectivity index (χ4n) is 4.01. The van der Waals surface area contributed by atoms with Crippen molar-refractivity contribution in [3.8, 4) is 0 Å². The van der Waals surface area contributed by atoms with Crippen LogP contribution in [0.15, 0.2) is 41.3 Å². The molecule has 174 valence electrons. The van der Waals surface area contributed by atoms with E-state index in [1.54, 1.807) is 6.07 Å². The van der Waals surface area contributed by atoms with E-state index in [1.165, 1.54) is 25.3 Å². The minimum Gasteiger partial charge on any atom is -0.354 e. The van der Waals surface area contributed by atoms with Gasteiger partial charge in [-0.15, -0.1) is 0 Å². The quantitative estimate of drug-likeness (QED) is 0.459. The van der Waals surface area contributed by atoms with Gasteiger partial charge in [0.25, 0.3) is 5.56 Å². The van der Waals surface area contributed by atoms with Crippen LogP contribution in [0.2, 0.25) is 0 Å². The van der Waals surface area contributed by atoms with Crippen LogP contribution in [-0.4, -0.2) is 32.9 Å². The first kappa shape index (κ1) is 22.6. The van der Waals surface area contributed by atoms with Gasteiger partial charge in [-0.2, -0.15) is 18.2 Å². The molecule has 0 aliphatic heterocycles. The lowest BCUT2D eigenvalue weighted by Crippen LogP contribution is -2.39. The number of alkyl halides is 3. The topological polar surface area (TPSA) is 112 Å². The summed E-state index contributed by atoms with van der Waals surface area (Å²) in [5.74, 6) is 0.320. The Bertz CT molecular complexity index is 1220. The number of amides is 1. The largest absolute Gasteiger partial charge is 0.416 e. The second kappa shape index (κ2) is 9.08. The van der Waals surface area contributed by atoms with Gasteiger partial charge < -0.3 is 20.9 Å². The monoisotopic (exact) mass is 460 g/mol. The summed E-state index contributed by atoms with van der Waals surface area (Å²) in [6, 6.07) is 6.49. The van der Waals surface area contributed by atoms with E-state index in [1.807, 2.05) is 0 Å². The molecular formula is C22H23F3N6O2. The predicted octanol–water partition coefficient (Wildman–Crippen LogP) is 3.94. The second-order valence-electron chi connectivity index (χ2n) is 8.06. The molecule has 1 fully saturated rings. The summed E-state index contributed by atoms with van der Waals surface area (Å²) in [6.07, 6.45) is 0.149. The van der Waals surface area contributed by atoms with Crippen molar-refractivity contribution in [2.75, 3.05) is 10.6 Å². The highest BCUT2D eigenvalue weighted by atomic mass is 19.4. The highest BCUT2D eigenvalue weighted by molar-refractivity contribution is 5.90. The van der Waals surface area contributed by atoms with Crippen LogP contribution in [-0.2, 0) is 11.0 Å². The minimum absolute atomic E-state index is 0.0557. The zero-order valence-corrected chi connectivity index (χ0v) is 17.8. The van der Waals surface area contributed by atoms with Gasteiger partial charge >= 0.3 is 6.18 Å². The molecule has 0 atom stereocenters. The van der Waals surface area contributed by atoms with Gasteiger partial charge in [0.15, 0.2) is 0 Å². The number of H-pyrrole nitrogens is 1. The third-order valence-corrected chi connectivity index (χ3v) is 5.54. The number of anilines is 3. The van der Waals surface area contributed by atoms with Crippen molar-refractivity contribution < 1.29 is 18.0 Å². The molecule has 0 radical (unpaired) electrons. The number of fused-ring (bicyclic) bond motifs is 1. The Morgan fingerprint density at radius 2 is 1.82 bits per heavy atom. The van der Waals surface area contributed by atoms with E-state index in [0.717, 1.165) is 37.8 Å². The van der Waals surface area contributed by atoms with Gasteiger partial charge in [-0.25, -0.2) is 4.98 Å². The fourth-order valence-corrected chi connectivity index (χ4v) is 4.01. The van der Waals surface area contributed by atoms with Crippen LogP contribution < -0.4 is 21.5 Å². The Morgan fingerprint density at radius 3 is 2.52 bits per heavy atom. The molecule has 0 unspecified atom stereocenters. The lowest BCUT2D eigenvalue weighted by Gasteiger charge is -2.29. The van der Waals surface area contributed by atoms with Crippen molar-refractivity contribution in [2.24, 2.45) is 0 Å². The number of benzene rings is 1. The molecular weight excluding hydrogens is 437 g/mol. The van der Waals surface area contributed by atoms with E-state index >= 15 is 0 Å². The van der Waals surface area contributed by atoms with Gasteiger partial charge in [-0.05, 0) is 49.9 Å². The fraction of sp³-hybridized carbons (Fsp3) is 0.364. The van der Waals surface area contributed by atoms with Gasteiger partial charge in [-0.1, -0.05) is 6.07 Å². The van der Waals surface area contributed by atoms with Crippen molar-refractivity contribution in [1.29, 1.82) is 0 Å². The first-order valence-electron chi connectivity index (χ1n) is 10.6. The van der Waals surface area contributed by atoms with E-state index in [2.05, 4.69) is 30.9 Å². The molecule has 4 rings (SSSR count). The molecule has 11 heteroatoms. The predicted molar refractivity (Wildman–Crippen MR) is 118 cm³/mol. The Kier molecular flexibility index (Phi) is 6.21. The summed E-state index contributed by atoms with van der Waals surface area (Å²) < 4.78 is 39.3. The molecule has 1 aromatic carbocycles. The second-order valence-corrected chi connectivity index (χ2v) is 8.06. The molecule has 3 aromatic rings. The molecule has 1 amide bonds. The first-order chi connectivity index (χ1) is 15.7. The van der Waals surface area contributed by atoms with Crippen LogP contribution in [0.1, 0.15) is 38.2 Å². The van der Waals surface area contributed by atoms with E-state index in [9.17, 15) is 22.8 Å². The van der Waals surface area contributed by atoms with E-state index in [4.69, 9.17) is 0 Å². The van der Waals surface area contributed by atoms with E-state index < -0.39 is 17.3 Å². The Balaban J connectivity index is 1.60. The molecule has 1 saturated carbocycles. The lowest BCUT2D eigenvalue weighted by atomic mass is 9.91. The summed E-state index contributed by atoms with van der Waals surface area (Å²) in [5.41, 5.74) is -0.758. The van der Waals surface area contributed by atoms with Crippen LogP contribution in [0.4, 0.5) is 30.6 Å². The lowest BCUT2D eigenvalue weighted by molar-refractivity contribution is -0.137. The van der Waals surface area contributed by atoms with Crippen LogP contribution in [0, 0.1) is 0 Å². The average Bonchev–Trinajstić information content (AvgIpc) is 2.74. The number of halogens is 3. The molecule has 33 heavy (non-hydrogen) atoms.